The number of halogens is 1. The van der Waals surface area contributed by atoms with Gasteiger partial charge in [-0.1, -0.05) is 0 Å². The van der Waals surface area contributed by atoms with E-state index in [2.05, 4.69) is 12.2 Å². The Bertz CT molecular complexity index is 457. The third-order valence-corrected chi connectivity index (χ3v) is 3.12. The number of hydrogen-bond donors (Lipinski definition) is 2. The van der Waals surface area contributed by atoms with Crippen molar-refractivity contribution in [2.75, 3.05) is 24.3 Å². The molecule has 1 aliphatic rings. The van der Waals surface area contributed by atoms with Gasteiger partial charge in [0.05, 0.1) is 29.6 Å². The van der Waals surface area contributed by atoms with E-state index in [-0.39, 0.29) is 17.4 Å². The summed E-state index contributed by atoms with van der Waals surface area (Å²) in [5.74, 6) is -0.223. The highest BCUT2D eigenvalue weighted by molar-refractivity contribution is 5.69. The monoisotopic (exact) mass is 268 g/mol. The van der Waals surface area contributed by atoms with Crippen molar-refractivity contribution >= 4 is 11.4 Å². The molecule has 1 atom stereocenters. The van der Waals surface area contributed by atoms with E-state index in [0.29, 0.717) is 18.0 Å². The molecule has 0 saturated carbocycles. The fourth-order valence-electron chi connectivity index (χ4n) is 2.11. The van der Waals surface area contributed by atoms with Crippen molar-refractivity contribution in [2.45, 2.75) is 38.8 Å². The maximum Gasteiger partial charge on any atom is 0.167 e. The minimum atomic E-state index is -0.440. The number of nitrogen functional groups attached to an aromatic ring is 1. The zero-order chi connectivity index (χ0) is 14.0. The van der Waals surface area contributed by atoms with E-state index in [9.17, 15) is 4.39 Å². The number of ether oxygens (including phenoxy) is 2. The molecule has 3 N–H and O–H groups in total. The molecule has 0 aliphatic carbocycles. The average molecular weight is 268 g/mol. The van der Waals surface area contributed by atoms with E-state index < -0.39 is 5.82 Å². The van der Waals surface area contributed by atoms with Crippen molar-refractivity contribution in [2.24, 2.45) is 0 Å². The summed E-state index contributed by atoms with van der Waals surface area (Å²) in [7, 11) is 0. The van der Waals surface area contributed by atoms with Gasteiger partial charge in [0.25, 0.3) is 0 Å². The molecule has 106 valence electrons. The highest BCUT2D eigenvalue weighted by atomic mass is 19.1. The first-order chi connectivity index (χ1) is 8.89. The molecule has 1 aliphatic heterocycles. The Morgan fingerprint density at radius 2 is 2.21 bits per heavy atom. The fourth-order valence-corrected chi connectivity index (χ4v) is 2.11. The highest BCUT2D eigenvalue weighted by Gasteiger charge is 2.30. The Morgan fingerprint density at radius 3 is 2.79 bits per heavy atom. The third-order valence-electron chi connectivity index (χ3n) is 3.12. The van der Waals surface area contributed by atoms with Crippen molar-refractivity contribution < 1.29 is 13.9 Å². The zero-order valence-electron chi connectivity index (χ0n) is 11.6. The third kappa shape index (κ3) is 3.29. The maximum atomic E-state index is 13.7. The van der Waals surface area contributed by atoms with Crippen LogP contribution >= 0.6 is 0 Å². The predicted molar refractivity (Wildman–Crippen MR) is 74.0 cm³/mol. The lowest BCUT2D eigenvalue weighted by Gasteiger charge is -2.26. The van der Waals surface area contributed by atoms with Crippen LogP contribution in [0.1, 0.15) is 27.2 Å². The van der Waals surface area contributed by atoms with Crippen LogP contribution in [0.25, 0.3) is 0 Å². The van der Waals surface area contributed by atoms with Crippen molar-refractivity contribution in [1.29, 1.82) is 0 Å². The molecule has 0 aromatic heterocycles. The number of hydrogen-bond acceptors (Lipinski definition) is 4. The number of anilines is 2. The van der Waals surface area contributed by atoms with Crippen molar-refractivity contribution in [3.8, 4) is 5.75 Å². The van der Waals surface area contributed by atoms with E-state index in [1.54, 1.807) is 6.07 Å². The maximum absolute atomic E-state index is 13.7. The predicted octanol–water partition coefficient (Wildman–Crippen LogP) is 2.79. The quantitative estimate of drug-likeness (QED) is 0.824. The SMILES string of the molecule is CC(C)Oc1cc(NC2(C)CCOC2)c(N)cc1F. The van der Waals surface area contributed by atoms with Crippen LogP contribution in [0, 0.1) is 5.82 Å². The van der Waals surface area contributed by atoms with Gasteiger partial charge in [-0.05, 0) is 27.2 Å². The highest BCUT2D eigenvalue weighted by Crippen LogP contribution is 2.32. The van der Waals surface area contributed by atoms with E-state index >= 15 is 0 Å². The lowest BCUT2D eigenvalue weighted by molar-refractivity contribution is 0.185. The van der Waals surface area contributed by atoms with Gasteiger partial charge in [0, 0.05) is 18.7 Å². The molecule has 5 heteroatoms. The molecule has 1 unspecified atom stereocenters. The van der Waals surface area contributed by atoms with Crippen LogP contribution in [-0.2, 0) is 4.74 Å². The lowest BCUT2D eigenvalue weighted by atomic mass is 10.0. The van der Waals surface area contributed by atoms with Crippen LogP contribution in [0.3, 0.4) is 0 Å². The van der Waals surface area contributed by atoms with Gasteiger partial charge in [-0.2, -0.15) is 0 Å². The molecule has 0 spiro atoms. The standard InChI is InChI=1S/C14H21FN2O2/c1-9(2)19-13-7-12(11(16)6-10(13)15)17-14(3)4-5-18-8-14/h6-7,9,17H,4-5,8,16H2,1-3H3. The fraction of sp³-hybridized carbons (Fsp3) is 0.571. The molecular weight excluding hydrogens is 247 g/mol. The van der Waals surface area contributed by atoms with Crippen LogP contribution in [0.4, 0.5) is 15.8 Å². The number of rotatable bonds is 4. The first-order valence-electron chi connectivity index (χ1n) is 6.51. The summed E-state index contributed by atoms with van der Waals surface area (Å²) in [4.78, 5) is 0. The molecule has 1 fully saturated rings. The smallest absolute Gasteiger partial charge is 0.167 e. The second-order valence-electron chi connectivity index (χ2n) is 5.52. The summed E-state index contributed by atoms with van der Waals surface area (Å²) >= 11 is 0. The number of nitrogens with one attached hydrogen (secondary N) is 1. The summed E-state index contributed by atoms with van der Waals surface area (Å²) < 4.78 is 24.6. The van der Waals surface area contributed by atoms with Crippen LogP contribution in [0.5, 0.6) is 5.75 Å². The van der Waals surface area contributed by atoms with Crippen LogP contribution in [0.2, 0.25) is 0 Å². The summed E-state index contributed by atoms with van der Waals surface area (Å²) in [5.41, 5.74) is 6.76. The summed E-state index contributed by atoms with van der Waals surface area (Å²) in [6, 6.07) is 2.91. The normalized spacial score (nSPS) is 22.8. The van der Waals surface area contributed by atoms with Gasteiger partial charge < -0.3 is 20.5 Å². The zero-order valence-corrected chi connectivity index (χ0v) is 11.6. The molecule has 2 rings (SSSR count). The van der Waals surface area contributed by atoms with Crippen molar-refractivity contribution in [3.63, 3.8) is 0 Å². The lowest BCUT2D eigenvalue weighted by Crippen LogP contribution is -2.35. The van der Waals surface area contributed by atoms with Gasteiger partial charge in [0.2, 0.25) is 0 Å². The van der Waals surface area contributed by atoms with Gasteiger partial charge in [0.1, 0.15) is 0 Å². The molecule has 0 bridgehead atoms. The van der Waals surface area contributed by atoms with Gasteiger partial charge in [-0.3, -0.25) is 0 Å². The minimum absolute atomic E-state index is 0.0867. The Hall–Kier alpha value is -1.49. The van der Waals surface area contributed by atoms with Gasteiger partial charge in [-0.25, -0.2) is 4.39 Å². The molecule has 1 saturated heterocycles. The van der Waals surface area contributed by atoms with E-state index in [4.69, 9.17) is 15.2 Å². The van der Waals surface area contributed by atoms with Crippen molar-refractivity contribution in [3.05, 3.63) is 17.9 Å². The van der Waals surface area contributed by atoms with E-state index in [0.717, 1.165) is 13.0 Å². The summed E-state index contributed by atoms with van der Waals surface area (Å²) in [6.45, 7) is 7.11. The number of benzene rings is 1. The average Bonchev–Trinajstić information content (AvgIpc) is 2.71. The molecule has 0 amide bonds. The second-order valence-corrected chi connectivity index (χ2v) is 5.52. The Balaban J connectivity index is 2.24. The van der Waals surface area contributed by atoms with E-state index in [1.165, 1.54) is 6.07 Å². The van der Waals surface area contributed by atoms with Gasteiger partial charge in [-0.15, -0.1) is 0 Å². The molecule has 1 aromatic carbocycles. The molecule has 4 nitrogen and oxygen atoms in total. The molecular formula is C14H21FN2O2. The minimum Gasteiger partial charge on any atom is -0.488 e. The van der Waals surface area contributed by atoms with Gasteiger partial charge >= 0.3 is 0 Å². The first kappa shape index (κ1) is 13.9. The Labute approximate surface area is 113 Å². The largest absolute Gasteiger partial charge is 0.488 e. The van der Waals surface area contributed by atoms with Gasteiger partial charge in [0.15, 0.2) is 11.6 Å². The summed E-state index contributed by atoms with van der Waals surface area (Å²) in [5, 5.41) is 3.33. The Kier molecular flexibility index (Phi) is 3.85. The first-order valence-corrected chi connectivity index (χ1v) is 6.51. The second kappa shape index (κ2) is 5.25. The Morgan fingerprint density at radius 1 is 1.47 bits per heavy atom. The topological polar surface area (TPSA) is 56.5 Å². The molecule has 19 heavy (non-hydrogen) atoms. The van der Waals surface area contributed by atoms with E-state index in [1.807, 2.05) is 13.8 Å². The molecule has 1 heterocycles. The molecule has 1 aromatic rings. The summed E-state index contributed by atoms with van der Waals surface area (Å²) in [6.07, 6.45) is 0.806. The van der Waals surface area contributed by atoms with Crippen LogP contribution < -0.4 is 15.8 Å². The van der Waals surface area contributed by atoms with Crippen molar-refractivity contribution in [1.82, 2.24) is 0 Å². The molecule has 0 radical (unpaired) electrons. The number of nitrogens with two attached hydrogens (primary N) is 1. The van der Waals surface area contributed by atoms with Crippen LogP contribution in [0.15, 0.2) is 12.1 Å². The van der Waals surface area contributed by atoms with Crippen LogP contribution in [-0.4, -0.2) is 24.9 Å².